The number of thioether (sulfide) groups is 1. The monoisotopic (exact) mass is 305 g/mol. The van der Waals surface area contributed by atoms with Gasteiger partial charge in [-0.25, -0.2) is 4.79 Å². The number of amides is 2. The van der Waals surface area contributed by atoms with Crippen molar-refractivity contribution in [1.29, 1.82) is 0 Å². The van der Waals surface area contributed by atoms with Crippen LogP contribution in [0.4, 0.5) is 4.79 Å². The van der Waals surface area contributed by atoms with Gasteiger partial charge in [-0.15, -0.1) is 11.8 Å². The smallest absolute Gasteiger partial charge is 0.317 e. The van der Waals surface area contributed by atoms with Gasteiger partial charge in [0.1, 0.15) is 0 Å². The molecule has 0 unspecified atom stereocenters. The molecule has 2 N–H and O–H groups in total. The molecule has 3 rings (SSSR count). The summed E-state index contributed by atoms with van der Waals surface area (Å²) in [5.74, 6) is 1.17. The Bertz CT molecular complexity index is 508. The maximum atomic E-state index is 11.9. The summed E-state index contributed by atoms with van der Waals surface area (Å²) in [6, 6.07) is 9.59. The highest BCUT2D eigenvalue weighted by atomic mass is 32.2. The molecular formula is C16H23N3OS. The van der Waals surface area contributed by atoms with E-state index in [4.69, 9.17) is 0 Å². The van der Waals surface area contributed by atoms with Gasteiger partial charge >= 0.3 is 6.03 Å². The van der Waals surface area contributed by atoms with Crippen molar-refractivity contribution in [1.82, 2.24) is 15.5 Å². The largest absolute Gasteiger partial charge is 0.338 e. The third-order valence-corrected chi connectivity index (χ3v) is 5.32. The molecule has 2 atom stereocenters. The van der Waals surface area contributed by atoms with Crippen LogP contribution in [0.3, 0.4) is 0 Å². The summed E-state index contributed by atoms with van der Waals surface area (Å²) in [5.41, 5.74) is 1.42. The van der Waals surface area contributed by atoms with Crippen LogP contribution in [0.25, 0.3) is 0 Å². The van der Waals surface area contributed by atoms with Gasteiger partial charge in [0.15, 0.2) is 0 Å². The number of nitrogens with one attached hydrogen (secondary N) is 2. The van der Waals surface area contributed by atoms with E-state index < -0.39 is 0 Å². The number of fused-ring (bicyclic) bond motifs is 1. The molecule has 0 aliphatic carbocycles. The van der Waals surface area contributed by atoms with Crippen LogP contribution in [0.2, 0.25) is 0 Å². The number of urea groups is 1. The lowest BCUT2D eigenvalue weighted by atomic mass is 10.0. The van der Waals surface area contributed by atoms with E-state index in [-0.39, 0.29) is 6.03 Å². The van der Waals surface area contributed by atoms with Crippen molar-refractivity contribution in [2.45, 2.75) is 36.7 Å². The first kappa shape index (κ1) is 14.7. The molecule has 0 aromatic heterocycles. The molecule has 2 amide bonds. The average Bonchev–Trinajstić information content (AvgIpc) is 2.97. The molecule has 1 saturated heterocycles. The van der Waals surface area contributed by atoms with Crippen LogP contribution >= 0.6 is 11.8 Å². The molecule has 0 saturated carbocycles. The predicted molar refractivity (Wildman–Crippen MR) is 86.7 cm³/mol. The zero-order chi connectivity index (χ0) is 14.7. The Labute approximate surface area is 130 Å². The number of hydrogen-bond donors (Lipinski definition) is 2. The van der Waals surface area contributed by atoms with Crippen molar-refractivity contribution >= 4 is 17.8 Å². The minimum atomic E-state index is 0.0707. The molecule has 0 bridgehead atoms. The van der Waals surface area contributed by atoms with Gasteiger partial charge in [-0.1, -0.05) is 18.2 Å². The third kappa shape index (κ3) is 3.35. The van der Waals surface area contributed by atoms with Crippen LogP contribution in [0.1, 0.15) is 31.4 Å². The lowest BCUT2D eigenvalue weighted by Crippen LogP contribution is -2.41. The number of likely N-dealkylation sites (tertiary alicyclic amines) is 1. The summed E-state index contributed by atoms with van der Waals surface area (Å²) in [6.07, 6.45) is 2.21. The number of nitrogens with zero attached hydrogens (tertiary/aromatic N) is 1. The number of rotatable bonds is 3. The van der Waals surface area contributed by atoms with E-state index in [1.807, 2.05) is 23.6 Å². The Morgan fingerprint density at radius 2 is 2.24 bits per heavy atom. The second kappa shape index (κ2) is 6.71. The van der Waals surface area contributed by atoms with Crippen molar-refractivity contribution in [2.24, 2.45) is 0 Å². The highest BCUT2D eigenvalue weighted by molar-refractivity contribution is 7.99. The molecule has 21 heavy (non-hydrogen) atoms. The number of carbonyl (C=O) groups is 1. The van der Waals surface area contributed by atoms with Crippen molar-refractivity contribution in [3.8, 4) is 0 Å². The molecule has 5 heteroatoms. The summed E-state index contributed by atoms with van der Waals surface area (Å²) in [7, 11) is 0. The Balaban J connectivity index is 1.60. The van der Waals surface area contributed by atoms with Gasteiger partial charge in [0.25, 0.3) is 0 Å². The van der Waals surface area contributed by atoms with Gasteiger partial charge in [-0.3, -0.25) is 0 Å². The zero-order valence-electron chi connectivity index (χ0n) is 12.5. The Hall–Kier alpha value is -1.20. The first-order valence-electron chi connectivity index (χ1n) is 7.78. The fourth-order valence-corrected chi connectivity index (χ4v) is 4.27. The Morgan fingerprint density at radius 1 is 1.38 bits per heavy atom. The topological polar surface area (TPSA) is 44.4 Å². The summed E-state index contributed by atoms with van der Waals surface area (Å²) < 4.78 is 0. The van der Waals surface area contributed by atoms with E-state index in [0.29, 0.717) is 18.6 Å². The van der Waals surface area contributed by atoms with E-state index >= 15 is 0 Å². The molecule has 2 aliphatic heterocycles. The first-order chi connectivity index (χ1) is 10.3. The fourth-order valence-electron chi connectivity index (χ4n) is 3.14. The highest BCUT2D eigenvalue weighted by Gasteiger charge is 2.29. The van der Waals surface area contributed by atoms with Crippen LogP contribution in [0.5, 0.6) is 0 Å². The first-order valence-corrected chi connectivity index (χ1v) is 8.77. The lowest BCUT2D eigenvalue weighted by molar-refractivity contribution is 0.208. The van der Waals surface area contributed by atoms with Crippen LogP contribution < -0.4 is 10.6 Å². The molecule has 2 aliphatic rings. The van der Waals surface area contributed by atoms with Gasteiger partial charge in [0.2, 0.25) is 0 Å². The third-order valence-electron chi connectivity index (χ3n) is 4.20. The number of carbonyl (C=O) groups excluding carboxylic acids is 1. The standard InChI is InChI=1S/C16H23N3OS/c1-2-17-16(20)19-9-7-12(11-19)18-14-8-10-21-15-6-4-3-5-13(14)15/h3-6,12,14,18H,2,7-11H2,1H3,(H,17,20)/t12-,14-/m1/s1. The second-order valence-corrected chi connectivity index (χ2v) is 6.80. The zero-order valence-corrected chi connectivity index (χ0v) is 13.3. The number of benzene rings is 1. The maximum Gasteiger partial charge on any atom is 0.317 e. The minimum Gasteiger partial charge on any atom is -0.338 e. The minimum absolute atomic E-state index is 0.0707. The normalized spacial score (nSPS) is 24.7. The van der Waals surface area contributed by atoms with Crippen molar-refractivity contribution < 1.29 is 4.79 Å². The molecule has 2 heterocycles. The quantitative estimate of drug-likeness (QED) is 0.902. The van der Waals surface area contributed by atoms with Gasteiger partial charge in [-0.05, 0) is 37.1 Å². The second-order valence-electron chi connectivity index (χ2n) is 5.66. The van der Waals surface area contributed by atoms with Crippen LogP contribution in [-0.4, -0.2) is 42.4 Å². The molecule has 0 spiro atoms. The van der Waals surface area contributed by atoms with Crippen LogP contribution in [0.15, 0.2) is 29.2 Å². The fraction of sp³-hybridized carbons (Fsp3) is 0.562. The van der Waals surface area contributed by atoms with Gasteiger partial charge < -0.3 is 15.5 Å². The van der Waals surface area contributed by atoms with Crippen LogP contribution in [-0.2, 0) is 0 Å². The average molecular weight is 305 g/mol. The molecule has 1 fully saturated rings. The van der Waals surface area contributed by atoms with Crippen molar-refractivity contribution in [3.63, 3.8) is 0 Å². The molecule has 114 valence electrons. The lowest BCUT2D eigenvalue weighted by Gasteiger charge is -2.28. The van der Waals surface area contributed by atoms with Crippen molar-refractivity contribution in [3.05, 3.63) is 29.8 Å². The Kier molecular flexibility index (Phi) is 4.70. The molecule has 4 nitrogen and oxygen atoms in total. The van der Waals surface area contributed by atoms with Gasteiger partial charge in [0, 0.05) is 36.6 Å². The summed E-state index contributed by atoms with van der Waals surface area (Å²) in [4.78, 5) is 15.2. The van der Waals surface area contributed by atoms with E-state index in [1.165, 1.54) is 22.6 Å². The molecule has 0 radical (unpaired) electrons. The molecule has 1 aromatic rings. The van der Waals surface area contributed by atoms with Gasteiger partial charge in [0.05, 0.1) is 0 Å². The molecule has 1 aromatic carbocycles. The van der Waals surface area contributed by atoms with Gasteiger partial charge in [-0.2, -0.15) is 0 Å². The van der Waals surface area contributed by atoms with Crippen molar-refractivity contribution in [2.75, 3.05) is 25.4 Å². The van der Waals surface area contributed by atoms with E-state index in [9.17, 15) is 4.79 Å². The van der Waals surface area contributed by atoms with E-state index in [1.54, 1.807) is 0 Å². The van der Waals surface area contributed by atoms with E-state index in [2.05, 4.69) is 34.9 Å². The van der Waals surface area contributed by atoms with E-state index in [0.717, 1.165) is 19.5 Å². The predicted octanol–water partition coefficient (Wildman–Crippen LogP) is 2.62. The highest BCUT2D eigenvalue weighted by Crippen LogP contribution is 2.36. The molecular weight excluding hydrogens is 282 g/mol. The Morgan fingerprint density at radius 3 is 3.10 bits per heavy atom. The number of hydrogen-bond acceptors (Lipinski definition) is 3. The van der Waals surface area contributed by atoms with Crippen LogP contribution in [0, 0.1) is 0 Å². The summed E-state index contributed by atoms with van der Waals surface area (Å²) >= 11 is 1.95. The SMILES string of the molecule is CCNC(=O)N1CC[C@@H](N[C@@H]2CCSc3ccccc32)C1. The maximum absolute atomic E-state index is 11.9. The summed E-state index contributed by atoms with van der Waals surface area (Å²) in [6.45, 7) is 4.32. The summed E-state index contributed by atoms with van der Waals surface area (Å²) in [5, 5.41) is 6.65.